The normalized spacial score (nSPS) is 11.1. The summed E-state index contributed by atoms with van der Waals surface area (Å²) < 4.78 is 11.0. The summed E-state index contributed by atoms with van der Waals surface area (Å²) >= 11 is 0. The molecule has 0 unspecified atom stereocenters. The van der Waals surface area contributed by atoms with Gasteiger partial charge < -0.3 is 9.47 Å². The largest absolute Gasteiger partial charge is 0.465 e. The number of carbonyl (C=O) groups excluding carboxylic acids is 2. The van der Waals surface area contributed by atoms with E-state index in [2.05, 4.69) is 13.8 Å². The first-order chi connectivity index (χ1) is 13.6. The molecule has 0 amide bonds. The number of esters is 1. The summed E-state index contributed by atoms with van der Waals surface area (Å²) in [5.41, 5.74) is 0. The van der Waals surface area contributed by atoms with E-state index in [9.17, 15) is 9.59 Å². The SMILES string of the molecule is CCCCCCCCOCCN(CC(C)=O)CC(=O)OCCCCCCCC. The van der Waals surface area contributed by atoms with Crippen molar-refractivity contribution in [2.75, 3.05) is 39.5 Å². The first-order valence-corrected chi connectivity index (χ1v) is 11.5. The molecule has 0 fully saturated rings. The van der Waals surface area contributed by atoms with Crippen molar-refractivity contribution >= 4 is 11.8 Å². The first kappa shape index (κ1) is 27.1. The highest BCUT2D eigenvalue weighted by molar-refractivity contribution is 5.79. The maximum atomic E-state index is 12.0. The lowest BCUT2D eigenvalue weighted by Gasteiger charge is -2.20. The third kappa shape index (κ3) is 19.8. The summed E-state index contributed by atoms with van der Waals surface area (Å²) in [7, 11) is 0. The molecule has 0 spiro atoms. The monoisotopic (exact) mass is 399 g/mol. The number of nitrogens with zero attached hydrogens (tertiary/aromatic N) is 1. The summed E-state index contributed by atoms with van der Waals surface area (Å²) in [5, 5.41) is 0. The number of rotatable bonds is 21. The van der Waals surface area contributed by atoms with Crippen molar-refractivity contribution in [1.29, 1.82) is 0 Å². The summed E-state index contributed by atoms with van der Waals surface area (Å²) in [4.78, 5) is 25.3. The summed E-state index contributed by atoms with van der Waals surface area (Å²) in [6.07, 6.45) is 14.5. The van der Waals surface area contributed by atoms with Gasteiger partial charge in [0.2, 0.25) is 0 Å². The predicted octanol–water partition coefficient (Wildman–Crippen LogP) is 5.16. The number of unbranched alkanes of at least 4 members (excludes halogenated alkanes) is 10. The number of ether oxygens (including phenoxy) is 2. The highest BCUT2D eigenvalue weighted by atomic mass is 16.5. The van der Waals surface area contributed by atoms with Gasteiger partial charge in [-0.3, -0.25) is 14.5 Å². The van der Waals surface area contributed by atoms with Crippen LogP contribution in [0.5, 0.6) is 0 Å². The van der Waals surface area contributed by atoms with Gasteiger partial charge in [0.15, 0.2) is 0 Å². The molecular weight excluding hydrogens is 354 g/mol. The molecule has 0 bridgehead atoms. The molecular formula is C23H45NO4. The van der Waals surface area contributed by atoms with Crippen LogP contribution in [0, 0.1) is 0 Å². The Labute approximate surface area is 173 Å². The van der Waals surface area contributed by atoms with Gasteiger partial charge in [-0.25, -0.2) is 0 Å². The number of hydrogen-bond acceptors (Lipinski definition) is 5. The number of ketones is 1. The Balaban J connectivity index is 3.79. The van der Waals surface area contributed by atoms with Crippen molar-refractivity contribution in [2.24, 2.45) is 0 Å². The highest BCUT2D eigenvalue weighted by Gasteiger charge is 2.13. The van der Waals surface area contributed by atoms with Gasteiger partial charge in [-0.1, -0.05) is 78.1 Å². The third-order valence-corrected chi connectivity index (χ3v) is 4.75. The molecule has 0 aliphatic heterocycles. The van der Waals surface area contributed by atoms with Crippen LogP contribution in [-0.4, -0.2) is 56.1 Å². The molecule has 0 saturated carbocycles. The van der Waals surface area contributed by atoms with E-state index in [1.807, 2.05) is 4.90 Å². The van der Waals surface area contributed by atoms with E-state index >= 15 is 0 Å². The molecule has 0 aromatic heterocycles. The van der Waals surface area contributed by atoms with Crippen LogP contribution in [0.2, 0.25) is 0 Å². The lowest BCUT2D eigenvalue weighted by Crippen LogP contribution is -2.37. The van der Waals surface area contributed by atoms with Crippen LogP contribution in [0.15, 0.2) is 0 Å². The zero-order valence-corrected chi connectivity index (χ0v) is 18.8. The molecule has 0 aliphatic carbocycles. The van der Waals surface area contributed by atoms with Crippen LogP contribution in [0.25, 0.3) is 0 Å². The van der Waals surface area contributed by atoms with E-state index in [4.69, 9.17) is 9.47 Å². The topological polar surface area (TPSA) is 55.8 Å². The van der Waals surface area contributed by atoms with E-state index in [0.717, 1.165) is 25.9 Å². The molecule has 5 heteroatoms. The average molecular weight is 400 g/mol. The smallest absolute Gasteiger partial charge is 0.320 e. The second-order valence-corrected chi connectivity index (χ2v) is 7.78. The van der Waals surface area contributed by atoms with E-state index in [1.165, 1.54) is 57.8 Å². The second-order valence-electron chi connectivity index (χ2n) is 7.78. The second kappa shape index (κ2) is 20.8. The Morgan fingerprint density at radius 1 is 0.679 bits per heavy atom. The van der Waals surface area contributed by atoms with Gasteiger partial charge >= 0.3 is 5.97 Å². The van der Waals surface area contributed by atoms with E-state index in [1.54, 1.807) is 6.92 Å². The Morgan fingerprint density at radius 2 is 1.21 bits per heavy atom. The Kier molecular flexibility index (Phi) is 20.1. The fourth-order valence-electron chi connectivity index (χ4n) is 3.11. The van der Waals surface area contributed by atoms with Crippen LogP contribution in [0.4, 0.5) is 0 Å². The van der Waals surface area contributed by atoms with Gasteiger partial charge in [-0.05, 0) is 19.8 Å². The number of hydrogen-bond donors (Lipinski definition) is 0. The van der Waals surface area contributed by atoms with Gasteiger partial charge in [-0.15, -0.1) is 0 Å². The summed E-state index contributed by atoms with van der Waals surface area (Å²) in [5.74, 6) is -0.189. The van der Waals surface area contributed by atoms with Crippen LogP contribution in [-0.2, 0) is 19.1 Å². The minimum atomic E-state index is -0.245. The minimum absolute atomic E-state index is 0.0552. The molecule has 28 heavy (non-hydrogen) atoms. The van der Waals surface area contributed by atoms with E-state index < -0.39 is 0 Å². The van der Waals surface area contributed by atoms with Gasteiger partial charge in [0.1, 0.15) is 5.78 Å². The van der Waals surface area contributed by atoms with Crippen LogP contribution in [0.3, 0.4) is 0 Å². The Hall–Kier alpha value is -0.940. The zero-order valence-electron chi connectivity index (χ0n) is 18.8. The maximum absolute atomic E-state index is 12.0. The fourth-order valence-corrected chi connectivity index (χ4v) is 3.11. The molecule has 0 N–H and O–H groups in total. The van der Waals surface area contributed by atoms with Crippen LogP contribution < -0.4 is 0 Å². The van der Waals surface area contributed by atoms with Gasteiger partial charge in [0.25, 0.3) is 0 Å². The maximum Gasteiger partial charge on any atom is 0.320 e. The van der Waals surface area contributed by atoms with Crippen molar-refractivity contribution < 1.29 is 19.1 Å². The third-order valence-electron chi connectivity index (χ3n) is 4.75. The van der Waals surface area contributed by atoms with Gasteiger partial charge in [0.05, 0.1) is 26.3 Å². The molecule has 0 saturated heterocycles. The Morgan fingerprint density at radius 3 is 1.79 bits per heavy atom. The van der Waals surface area contributed by atoms with E-state index in [-0.39, 0.29) is 24.8 Å². The molecule has 0 rings (SSSR count). The number of Topliss-reactive ketones (excluding diaryl/α,β-unsaturated/α-hetero) is 1. The van der Waals surface area contributed by atoms with Gasteiger partial charge in [0, 0.05) is 13.2 Å². The predicted molar refractivity (Wildman–Crippen MR) is 116 cm³/mol. The standard InChI is InChI=1S/C23H45NO4/c1-4-6-8-10-12-14-17-27-19-16-24(20-22(3)25)21-23(26)28-18-15-13-11-9-7-5-2/h4-21H2,1-3H3. The quantitative estimate of drug-likeness (QED) is 0.197. The minimum Gasteiger partial charge on any atom is -0.465 e. The van der Waals surface area contributed by atoms with Crippen molar-refractivity contribution in [2.45, 2.75) is 97.8 Å². The van der Waals surface area contributed by atoms with Crippen LogP contribution >= 0.6 is 0 Å². The highest BCUT2D eigenvalue weighted by Crippen LogP contribution is 2.06. The van der Waals surface area contributed by atoms with Crippen LogP contribution in [0.1, 0.15) is 97.8 Å². The summed E-state index contributed by atoms with van der Waals surface area (Å²) in [6.45, 7) is 8.77. The molecule has 0 aromatic rings. The Bertz CT molecular complexity index is 374. The molecule has 0 radical (unpaired) electrons. The molecule has 5 nitrogen and oxygen atoms in total. The number of carbonyl (C=O) groups is 2. The fraction of sp³-hybridized carbons (Fsp3) is 0.913. The van der Waals surface area contributed by atoms with Crippen molar-refractivity contribution in [1.82, 2.24) is 4.90 Å². The first-order valence-electron chi connectivity index (χ1n) is 11.5. The van der Waals surface area contributed by atoms with Crippen molar-refractivity contribution in [3.8, 4) is 0 Å². The van der Waals surface area contributed by atoms with Crippen molar-refractivity contribution in [3.05, 3.63) is 0 Å². The lowest BCUT2D eigenvalue weighted by atomic mass is 10.1. The van der Waals surface area contributed by atoms with E-state index in [0.29, 0.717) is 19.8 Å². The molecule has 0 aromatic carbocycles. The van der Waals surface area contributed by atoms with Gasteiger partial charge in [-0.2, -0.15) is 0 Å². The van der Waals surface area contributed by atoms with Crippen molar-refractivity contribution in [3.63, 3.8) is 0 Å². The molecule has 0 atom stereocenters. The molecule has 0 heterocycles. The lowest BCUT2D eigenvalue weighted by molar-refractivity contribution is -0.145. The average Bonchev–Trinajstić information content (AvgIpc) is 2.65. The summed E-state index contributed by atoms with van der Waals surface area (Å²) in [6, 6.07) is 0. The zero-order chi connectivity index (χ0) is 20.9. The molecule has 166 valence electrons. The molecule has 0 aliphatic rings.